The number of carboxylic acids is 2. The number of aliphatic carboxylic acids is 2. The zero-order valence-corrected chi connectivity index (χ0v) is 11.6. The first-order chi connectivity index (χ1) is 10.3. The van der Waals surface area contributed by atoms with E-state index in [4.69, 9.17) is 15.9 Å². The third-order valence-corrected chi connectivity index (χ3v) is 2.95. The van der Waals surface area contributed by atoms with Crippen LogP contribution < -0.4 is 11.1 Å². The number of hydrogen-bond donors (Lipinski definition) is 4. The molecule has 2 atom stereocenters. The summed E-state index contributed by atoms with van der Waals surface area (Å²) in [5, 5.41) is 20.5. The second kappa shape index (κ2) is 7.89. The molecule has 0 aliphatic carbocycles. The lowest BCUT2D eigenvalue weighted by Crippen LogP contribution is -2.44. The van der Waals surface area contributed by atoms with E-state index >= 15 is 0 Å². The van der Waals surface area contributed by atoms with E-state index in [1.165, 1.54) is 12.1 Å². The summed E-state index contributed by atoms with van der Waals surface area (Å²) in [6, 6.07) is 5.27. The van der Waals surface area contributed by atoms with E-state index in [9.17, 15) is 19.2 Å². The summed E-state index contributed by atoms with van der Waals surface area (Å²) < 4.78 is 0. The Morgan fingerprint density at radius 3 is 2.14 bits per heavy atom. The van der Waals surface area contributed by atoms with Gasteiger partial charge < -0.3 is 15.9 Å². The molecular formula is C14H16N2O6. The van der Waals surface area contributed by atoms with E-state index in [2.05, 4.69) is 5.32 Å². The summed E-state index contributed by atoms with van der Waals surface area (Å²) in [6.07, 6.45) is -0.354. The predicted molar refractivity (Wildman–Crippen MR) is 74.8 cm³/mol. The van der Waals surface area contributed by atoms with Crippen molar-refractivity contribution in [1.29, 1.82) is 0 Å². The molecule has 8 nitrogen and oxygen atoms in total. The maximum absolute atomic E-state index is 11.8. The van der Waals surface area contributed by atoms with Crippen LogP contribution in [-0.2, 0) is 19.2 Å². The van der Waals surface area contributed by atoms with Crippen LogP contribution in [0.4, 0.5) is 0 Å². The van der Waals surface area contributed by atoms with Crippen molar-refractivity contribution in [2.24, 2.45) is 5.73 Å². The van der Waals surface area contributed by atoms with Crippen LogP contribution in [0.2, 0.25) is 0 Å². The first kappa shape index (κ1) is 17.3. The van der Waals surface area contributed by atoms with Crippen molar-refractivity contribution in [3.8, 4) is 0 Å². The predicted octanol–water partition coefficient (Wildman–Crippen LogP) is -0.310. The highest BCUT2D eigenvalue weighted by Crippen LogP contribution is 2.16. The lowest BCUT2D eigenvalue weighted by atomic mass is 10.0. The van der Waals surface area contributed by atoms with Crippen LogP contribution in [0.15, 0.2) is 30.3 Å². The molecule has 22 heavy (non-hydrogen) atoms. The number of nitrogens with two attached hydrogens (primary N) is 1. The number of carbonyl (C=O) groups is 4. The van der Waals surface area contributed by atoms with Crippen LogP contribution in [0, 0.1) is 0 Å². The monoisotopic (exact) mass is 308 g/mol. The zero-order chi connectivity index (χ0) is 16.7. The molecule has 0 aliphatic heterocycles. The number of primary amides is 1. The van der Waals surface area contributed by atoms with Gasteiger partial charge in [0.25, 0.3) is 5.78 Å². The Hall–Kier alpha value is -2.74. The standard InChI is InChI=1S/C14H16N2O6/c15-10(17)7-6-9(13(19)20)16-11(12(18)14(21)22)8-4-2-1-3-5-8/h1-5,9,11,16H,6-7H2,(H2,15,17)(H,19,20)(H,21,22)/t9-,11?/m0/s1. The van der Waals surface area contributed by atoms with Crippen molar-refractivity contribution >= 4 is 23.6 Å². The van der Waals surface area contributed by atoms with E-state index in [0.717, 1.165) is 0 Å². The van der Waals surface area contributed by atoms with Crippen molar-refractivity contribution in [2.45, 2.75) is 24.9 Å². The summed E-state index contributed by atoms with van der Waals surface area (Å²) in [6.45, 7) is 0. The van der Waals surface area contributed by atoms with E-state index < -0.39 is 35.7 Å². The number of amides is 1. The van der Waals surface area contributed by atoms with Crippen LogP contribution in [0.25, 0.3) is 0 Å². The second-order valence-corrected chi connectivity index (χ2v) is 4.58. The zero-order valence-electron chi connectivity index (χ0n) is 11.6. The summed E-state index contributed by atoms with van der Waals surface area (Å²) in [7, 11) is 0. The Balaban J connectivity index is 3.00. The molecule has 0 bridgehead atoms. The van der Waals surface area contributed by atoms with Gasteiger partial charge in [-0.3, -0.25) is 19.7 Å². The summed E-state index contributed by atoms with van der Waals surface area (Å²) in [5.41, 5.74) is 5.29. The molecule has 1 unspecified atom stereocenters. The molecule has 0 saturated carbocycles. The maximum atomic E-state index is 11.8. The Bertz CT molecular complexity index is 572. The van der Waals surface area contributed by atoms with E-state index in [0.29, 0.717) is 5.56 Å². The van der Waals surface area contributed by atoms with Crippen molar-refractivity contribution in [3.63, 3.8) is 0 Å². The number of Topliss-reactive ketones (excluding diaryl/α,β-unsaturated/α-hetero) is 1. The maximum Gasteiger partial charge on any atom is 0.374 e. The van der Waals surface area contributed by atoms with Crippen molar-refractivity contribution in [1.82, 2.24) is 5.32 Å². The highest BCUT2D eigenvalue weighted by atomic mass is 16.4. The molecule has 5 N–H and O–H groups in total. The van der Waals surface area contributed by atoms with Gasteiger partial charge >= 0.3 is 11.9 Å². The topological polar surface area (TPSA) is 147 Å². The molecule has 1 rings (SSSR count). The third-order valence-electron chi connectivity index (χ3n) is 2.95. The van der Waals surface area contributed by atoms with Gasteiger partial charge in [-0.1, -0.05) is 30.3 Å². The molecule has 1 aromatic carbocycles. The molecule has 0 radical (unpaired) electrons. The van der Waals surface area contributed by atoms with Crippen molar-refractivity contribution in [3.05, 3.63) is 35.9 Å². The normalized spacial score (nSPS) is 13.1. The molecule has 8 heteroatoms. The summed E-state index contributed by atoms with van der Waals surface area (Å²) in [4.78, 5) is 44.7. The van der Waals surface area contributed by atoms with Gasteiger partial charge in [0, 0.05) is 6.42 Å². The van der Waals surface area contributed by atoms with E-state index in [-0.39, 0.29) is 12.8 Å². The SMILES string of the molecule is NC(=O)CC[C@H](NC(C(=O)C(=O)O)c1ccccc1)C(=O)O. The van der Waals surface area contributed by atoms with Gasteiger partial charge in [-0.2, -0.15) is 0 Å². The minimum atomic E-state index is -1.68. The quantitative estimate of drug-likeness (QED) is 0.457. The minimum absolute atomic E-state index is 0.152. The fourth-order valence-electron chi connectivity index (χ4n) is 1.86. The number of ketones is 1. The van der Waals surface area contributed by atoms with Crippen LogP contribution in [0.1, 0.15) is 24.4 Å². The molecule has 0 fully saturated rings. The lowest BCUT2D eigenvalue weighted by Gasteiger charge is -2.21. The number of nitrogens with one attached hydrogen (secondary N) is 1. The molecule has 1 aromatic rings. The summed E-state index contributed by atoms with van der Waals surface area (Å²) >= 11 is 0. The fourth-order valence-corrected chi connectivity index (χ4v) is 1.86. The average molecular weight is 308 g/mol. The van der Waals surface area contributed by atoms with Crippen LogP contribution >= 0.6 is 0 Å². The van der Waals surface area contributed by atoms with Crippen LogP contribution in [-0.4, -0.2) is 39.9 Å². The number of benzene rings is 1. The largest absolute Gasteiger partial charge is 0.480 e. The number of hydrogen-bond acceptors (Lipinski definition) is 5. The first-order valence-corrected chi connectivity index (χ1v) is 6.42. The molecule has 0 aliphatic rings. The van der Waals surface area contributed by atoms with E-state index in [1.54, 1.807) is 18.2 Å². The molecule has 0 heterocycles. The fraction of sp³-hybridized carbons (Fsp3) is 0.286. The van der Waals surface area contributed by atoms with Gasteiger partial charge in [0.1, 0.15) is 12.1 Å². The van der Waals surface area contributed by atoms with Gasteiger partial charge in [0.2, 0.25) is 5.91 Å². The molecule has 0 spiro atoms. The average Bonchev–Trinajstić information content (AvgIpc) is 2.47. The second-order valence-electron chi connectivity index (χ2n) is 4.58. The smallest absolute Gasteiger partial charge is 0.374 e. The van der Waals surface area contributed by atoms with Crippen LogP contribution in [0.5, 0.6) is 0 Å². The number of rotatable bonds is 9. The third kappa shape index (κ3) is 4.98. The molecule has 118 valence electrons. The van der Waals surface area contributed by atoms with Gasteiger partial charge in [0.05, 0.1) is 0 Å². The number of carboxylic acid groups (broad SMARTS) is 2. The minimum Gasteiger partial charge on any atom is -0.480 e. The molecule has 0 aromatic heterocycles. The van der Waals surface area contributed by atoms with E-state index in [1.807, 2.05) is 0 Å². The Kier molecular flexibility index (Phi) is 6.21. The summed E-state index contributed by atoms with van der Waals surface area (Å²) in [5.74, 6) is -4.86. The number of carbonyl (C=O) groups excluding carboxylic acids is 2. The Morgan fingerprint density at radius 1 is 1.09 bits per heavy atom. The molecule has 0 saturated heterocycles. The van der Waals surface area contributed by atoms with Crippen LogP contribution in [0.3, 0.4) is 0 Å². The van der Waals surface area contributed by atoms with Crippen molar-refractivity contribution in [2.75, 3.05) is 0 Å². The Labute approximate surface area is 125 Å². The lowest BCUT2D eigenvalue weighted by molar-refractivity contribution is -0.151. The first-order valence-electron chi connectivity index (χ1n) is 6.42. The van der Waals surface area contributed by atoms with Gasteiger partial charge in [0.15, 0.2) is 0 Å². The highest BCUT2D eigenvalue weighted by molar-refractivity contribution is 6.34. The van der Waals surface area contributed by atoms with Gasteiger partial charge in [-0.15, -0.1) is 0 Å². The Morgan fingerprint density at radius 2 is 1.68 bits per heavy atom. The van der Waals surface area contributed by atoms with Gasteiger partial charge in [-0.05, 0) is 12.0 Å². The molecule has 1 amide bonds. The molecular weight excluding hydrogens is 292 g/mol. The van der Waals surface area contributed by atoms with Gasteiger partial charge in [-0.25, -0.2) is 4.79 Å². The van der Waals surface area contributed by atoms with Crippen molar-refractivity contribution < 1.29 is 29.4 Å². The highest BCUT2D eigenvalue weighted by Gasteiger charge is 2.31.